The Morgan fingerprint density at radius 2 is 1.36 bits per heavy atom. The number of allylic oxidation sites excluding steroid dienone is 1. The SMILES string of the molecule is CCNC(=O)N[C@H](Cc1ccccc1)C(=O)N[C@H]1CSSC[C@@H](C(=O)N[C@H](C(=O)CCCCCCN2C(=O)C=CC2=O)[C@@H](C)O)NC(=O)[C@H]([C@@H](C)O)NC(=O)[C@H](CCCCNC(=O)OC(C)(C)C)NC(=O)[C@@H](CC2=CCc3ccccc32)NC(=O)[C@H](Cc2ccc(O)cc2)CC1=O. The van der Waals surface area contributed by atoms with Crippen molar-refractivity contribution in [3.05, 3.63) is 119 Å². The number of rotatable bonds is 27. The largest absolute Gasteiger partial charge is 0.508 e. The number of ether oxygens (including phenoxy) is 1. The van der Waals surface area contributed by atoms with Gasteiger partial charge in [0.15, 0.2) is 11.6 Å². The van der Waals surface area contributed by atoms with Gasteiger partial charge in [-0.15, -0.1) is 0 Å². The van der Waals surface area contributed by atoms with Crippen molar-refractivity contribution >= 4 is 98.1 Å². The first kappa shape index (κ1) is 77.4. The lowest BCUT2D eigenvalue weighted by Gasteiger charge is -2.29. The Labute approximate surface area is 573 Å². The number of aromatic hydroxyl groups is 1. The van der Waals surface area contributed by atoms with Crippen molar-refractivity contribution in [2.75, 3.05) is 31.1 Å². The number of fused-ring (bicyclic) bond motifs is 1. The minimum atomic E-state index is -1.82. The molecule has 10 atom stereocenters. The van der Waals surface area contributed by atoms with Crippen LogP contribution >= 0.6 is 21.6 Å². The first-order valence-electron chi connectivity index (χ1n) is 32.8. The number of ketones is 2. The van der Waals surface area contributed by atoms with Crippen molar-refractivity contribution < 1.29 is 77.6 Å². The molecule has 526 valence electrons. The number of phenols is 1. The molecule has 1 aliphatic carbocycles. The molecule has 1 saturated heterocycles. The van der Waals surface area contributed by atoms with E-state index in [9.17, 15) is 58.5 Å². The Morgan fingerprint density at radius 3 is 2.04 bits per heavy atom. The molecule has 3 aromatic carbocycles. The van der Waals surface area contributed by atoms with E-state index < -0.39 is 143 Å². The molecule has 0 saturated carbocycles. The predicted octanol–water partition coefficient (Wildman–Crippen LogP) is 3.68. The lowest BCUT2D eigenvalue weighted by atomic mass is 9.90. The van der Waals surface area contributed by atoms with Crippen LogP contribution in [0.25, 0.3) is 5.57 Å². The average Bonchev–Trinajstić information content (AvgIpc) is 1.77. The van der Waals surface area contributed by atoms with Gasteiger partial charge >= 0.3 is 12.1 Å². The van der Waals surface area contributed by atoms with Gasteiger partial charge in [-0.25, -0.2) is 9.59 Å². The number of amides is 11. The Bertz CT molecular complexity index is 3310. The molecule has 6 rings (SSSR count). The Hall–Kier alpha value is -8.60. The van der Waals surface area contributed by atoms with Crippen LogP contribution in [0.4, 0.5) is 9.59 Å². The lowest BCUT2D eigenvalue weighted by molar-refractivity contribution is -0.137. The third-order valence-corrected chi connectivity index (χ3v) is 18.6. The number of imide groups is 1. The molecular weight excluding hydrogens is 1290 g/mol. The van der Waals surface area contributed by atoms with Gasteiger partial charge in [0, 0.05) is 74.9 Å². The molecule has 11 amide bonds. The number of alkyl carbamates (subject to hydrolysis) is 1. The van der Waals surface area contributed by atoms with Crippen molar-refractivity contribution in [3.63, 3.8) is 0 Å². The van der Waals surface area contributed by atoms with Crippen LogP contribution < -0.4 is 47.9 Å². The standard InChI is InChI=1S/C69H92N10O16S2/c1-7-70-67(93)76-51(36-43-19-11-10-12-20-43)63(89)74-53-39-96-97-40-54(65(91)77-59(41(2)80)55(83)24-13-8-9-18-34-79-57(85)31-32-58(79)86)75-66(92)60(42(3)81)78-62(88)50(23-16-17-33-71-68(94)95-69(4,5)6)72-64(90)52(37-46-28-27-45-21-14-15-22-49(45)46)73-61(87)47(38-56(53)84)35-44-25-29-48(82)30-26-44/h10-12,14-15,19-22,25-26,28-32,41-42,47,50-54,59-60,80-82H,7-9,13,16-18,23-24,27,33-40H2,1-6H3,(H,71,94)(H,72,90)(H,73,87)(H,74,89)(H,75,92)(H,77,91)(H,78,88)(H2,70,76,93)/t41-,42-,47-,50+,51-,52-,53+,54+,59+,60+/m1/s1. The van der Waals surface area contributed by atoms with Crippen LogP contribution in [-0.2, 0) is 71.9 Å². The zero-order valence-electron chi connectivity index (χ0n) is 55.7. The summed E-state index contributed by atoms with van der Waals surface area (Å²) in [5, 5.41) is 56.7. The van der Waals surface area contributed by atoms with E-state index in [0.29, 0.717) is 48.8 Å². The highest BCUT2D eigenvalue weighted by Crippen LogP contribution is 2.32. The fourth-order valence-electron chi connectivity index (χ4n) is 11.1. The summed E-state index contributed by atoms with van der Waals surface area (Å²) in [5.41, 5.74) is 2.81. The maximum Gasteiger partial charge on any atom is 0.407 e. The Kier molecular flexibility index (Phi) is 30.6. The minimum Gasteiger partial charge on any atom is -0.508 e. The lowest BCUT2D eigenvalue weighted by Crippen LogP contribution is -2.62. The average molecular weight is 1380 g/mol. The molecule has 1 fully saturated rings. The van der Waals surface area contributed by atoms with Gasteiger partial charge in [-0.3, -0.25) is 52.8 Å². The van der Waals surface area contributed by atoms with Crippen LogP contribution in [0.2, 0.25) is 0 Å². The molecule has 2 aliphatic heterocycles. The zero-order chi connectivity index (χ0) is 70.8. The van der Waals surface area contributed by atoms with Crippen molar-refractivity contribution in [2.24, 2.45) is 5.92 Å². The number of nitrogens with one attached hydrogen (secondary N) is 9. The number of aliphatic hydroxyl groups excluding tert-OH is 2. The summed E-state index contributed by atoms with van der Waals surface area (Å²) in [7, 11) is 1.91. The van der Waals surface area contributed by atoms with E-state index in [4.69, 9.17) is 4.74 Å². The summed E-state index contributed by atoms with van der Waals surface area (Å²) in [4.78, 5) is 169. The highest BCUT2D eigenvalue weighted by Gasteiger charge is 2.38. The number of benzene rings is 3. The van der Waals surface area contributed by atoms with E-state index in [1.807, 2.05) is 30.3 Å². The smallest absolute Gasteiger partial charge is 0.407 e. The van der Waals surface area contributed by atoms with Crippen LogP contribution in [0.5, 0.6) is 5.75 Å². The molecule has 0 spiro atoms. The zero-order valence-corrected chi connectivity index (χ0v) is 57.3. The molecule has 28 heteroatoms. The molecule has 0 radical (unpaired) electrons. The normalized spacial score (nSPS) is 21.1. The molecule has 97 heavy (non-hydrogen) atoms. The summed E-state index contributed by atoms with van der Waals surface area (Å²) in [6.45, 7) is 9.78. The summed E-state index contributed by atoms with van der Waals surface area (Å²) < 4.78 is 5.37. The van der Waals surface area contributed by atoms with Crippen molar-refractivity contribution in [3.8, 4) is 5.75 Å². The second-order valence-corrected chi connectivity index (χ2v) is 27.8. The molecular formula is C69H92N10O16S2. The summed E-state index contributed by atoms with van der Waals surface area (Å²) in [5.74, 6) is -9.47. The van der Waals surface area contributed by atoms with E-state index >= 15 is 14.4 Å². The number of hydrogen-bond donors (Lipinski definition) is 12. The van der Waals surface area contributed by atoms with E-state index in [0.717, 1.165) is 37.6 Å². The van der Waals surface area contributed by atoms with Crippen LogP contribution in [-0.4, -0.2) is 182 Å². The second kappa shape index (κ2) is 38.4. The van der Waals surface area contributed by atoms with E-state index in [2.05, 4.69) is 47.9 Å². The number of hydrogen-bond acceptors (Lipinski definition) is 18. The maximum atomic E-state index is 15.2. The summed E-state index contributed by atoms with van der Waals surface area (Å²) >= 11 is 0. The van der Waals surface area contributed by atoms with Crippen molar-refractivity contribution in [2.45, 2.75) is 185 Å². The van der Waals surface area contributed by atoms with E-state index in [1.54, 1.807) is 70.2 Å². The number of aliphatic hydroxyl groups is 2. The molecule has 12 N–H and O–H groups in total. The highest BCUT2D eigenvalue weighted by molar-refractivity contribution is 8.76. The minimum absolute atomic E-state index is 0.0152. The fraction of sp³-hybridized carbons (Fsp3) is 0.507. The van der Waals surface area contributed by atoms with Crippen molar-refractivity contribution in [1.82, 2.24) is 52.8 Å². The number of carbonyl (C=O) groups is 12. The molecule has 0 aromatic heterocycles. The van der Waals surface area contributed by atoms with Gasteiger partial charge in [-0.2, -0.15) is 0 Å². The predicted molar refractivity (Wildman–Crippen MR) is 366 cm³/mol. The van der Waals surface area contributed by atoms with Gasteiger partial charge in [0.2, 0.25) is 35.4 Å². The number of unbranched alkanes of at least 4 members (excludes halogenated alkanes) is 4. The monoisotopic (exact) mass is 1380 g/mol. The molecule has 26 nitrogen and oxygen atoms in total. The number of urea groups is 1. The van der Waals surface area contributed by atoms with Crippen LogP contribution in [0.15, 0.2) is 97.1 Å². The van der Waals surface area contributed by atoms with Gasteiger partial charge in [-0.05, 0) is 126 Å². The Morgan fingerprint density at radius 1 is 0.701 bits per heavy atom. The molecule has 0 bridgehead atoms. The second-order valence-electron chi connectivity index (χ2n) is 25.3. The van der Waals surface area contributed by atoms with Gasteiger partial charge in [-0.1, -0.05) is 107 Å². The molecule has 3 aromatic rings. The summed E-state index contributed by atoms with van der Waals surface area (Å²) in [6.07, 6.45) is 2.15. The first-order valence-corrected chi connectivity index (χ1v) is 35.3. The van der Waals surface area contributed by atoms with E-state index in [-0.39, 0.29) is 81.8 Å². The fourth-order valence-corrected chi connectivity index (χ4v) is 13.4. The number of nitrogens with zero attached hydrogens (tertiary/aromatic N) is 1. The number of carbonyl (C=O) groups excluding carboxylic acids is 12. The number of Topliss-reactive ketones (excluding diaryl/α,β-unsaturated/α-hetero) is 2. The highest BCUT2D eigenvalue weighted by atomic mass is 33.1. The van der Waals surface area contributed by atoms with Gasteiger partial charge in [0.1, 0.15) is 47.6 Å². The van der Waals surface area contributed by atoms with Crippen LogP contribution in [0.3, 0.4) is 0 Å². The van der Waals surface area contributed by atoms with Crippen molar-refractivity contribution in [1.29, 1.82) is 0 Å². The van der Waals surface area contributed by atoms with Gasteiger partial charge in [0.05, 0.1) is 18.2 Å². The topological polar surface area (TPSA) is 386 Å². The maximum absolute atomic E-state index is 15.2. The third-order valence-electron chi connectivity index (χ3n) is 16.2. The van der Waals surface area contributed by atoms with E-state index in [1.165, 1.54) is 38.1 Å². The molecule has 3 aliphatic rings. The van der Waals surface area contributed by atoms with Crippen LogP contribution in [0.1, 0.15) is 128 Å². The van der Waals surface area contributed by atoms with Gasteiger partial charge < -0.3 is 67.9 Å². The number of phenolic OH excluding ortho intramolecular Hbond substituents is 1. The Balaban J connectivity index is 1.38. The summed E-state index contributed by atoms with van der Waals surface area (Å²) in [6, 6.07) is 11.0. The van der Waals surface area contributed by atoms with Gasteiger partial charge in [0.25, 0.3) is 11.8 Å². The first-order chi connectivity index (χ1) is 46.2. The third kappa shape index (κ3) is 25.4. The quantitative estimate of drug-likeness (QED) is 0.0294. The van der Waals surface area contributed by atoms with Crippen LogP contribution in [0, 0.1) is 5.92 Å². The molecule has 0 unspecified atom stereocenters. The molecule has 2 heterocycles.